The fourth-order valence-corrected chi connectivity index (χ4v) is 3.40. The van der Waals surface area contributed by atoms with Gasteiger partial charge >= 0.3 is 0 Å². The summed E-state index contributed by atoms with van der Waals surface area (Å²) in [5.74, 6) is 0.466. The molecule has 27 heavy (non-hydrogen) atoms. The number of hydrogen-bond acceptors (Lipinski definition) is 6. The topological polar surface area (TPSA) is 106 Å². The van der Waals surface area contributed by atoms with Crippen molar-refractivity contribution in [3.8, 4) is 28.6 Å². The van der Waals surface area contributed by atoms with Crippen LogP contribution >= 0.6 is 0 Å². The molecule has 0 aliphatic carbocycles. The van der Waals surface area contributed by atoms with Crippen LogP contribution in [0.1, 0.15) is 16.2 Å². The first-order valence-electron chi connectivity index (χ1n) is 8.47. The standard InChI is InChI=1S/C19H19N5O3/c1-23-10-9-13-15(23)8-7-14(16(13)25)18-21-22-19(17(20)26)24(18)11-3-5-12(27-2)6-4-11/h3-8,25H,9-10H2,1-2H3,(H2,20,26). The largest absolute Gasteiger partial charge is 0.507 e. The number of benzene rings is 2. The van der Waals surface area contributed by atoms with E-state index in [1.165, 1.54) is 0 Å². The zero-order valence-electron chi connectivity index (χ0n) is 15.0. The van der Waals surface area contributed by atoms with E-state index < -0.39 is 5.91 Å². The molecule has 1 aliphatic rings. The zero-order valence-corrected chi connectivity index (χ0v) is 15.0. The molecule has 1 aromatic heterocycles. The van der Waals surface area contributed by atoms with E-state index in [9.17, 15) is 9.90 Å². The molecule has 0 atom stereocenters. The highest BCUT2D eigenvalue weighted by Crippen LogP contribution is 2.40. The van der Waals surface area contributed by atoms with Crippen LogP contribution in [-0.4, -0.2) is 46.5 Å². The molecule has 138 valence electrons. The average molecular weight is 365 g/mol. The number of phenolic OH excluding ortho intramolecular Hbond substituents is 1. The van der Waals surface area contributed by atoms with Gasteiger partial charge in [-0.25, -0.2) is 0 Å². The van der Waals surface area contributed by atoms with Crippen LogP contribution in [0.4, 0.5) is 5.69 Å². The van der Waals surface area contributed by atoms with Gasteiger partial charge in [-0.15, -0.1) is 10.2 Å². The van der Waals surface area contributed by atoms with Gasteiger partial charge in [0.15, 0.2) is 5.82 Å². The summed E-state index contributed by atoms with van der Waals surface area (Å²) in [7, 11) is 3.56. The number of hydrogen-bond donors (Lipinski definition) is 2. The lowest BCUT2D eigenvalue weighted by Crippen LogP contribution is -2.17. The molecule has 0 radical (unpaired) electrons. The normalized spacial score (nSPS) is 12.9. The van der Waals surface area contributed by atoms with Gasteiger partial charge in [0.2, 0.25) is 5.82 Å². The summed E-state index contributed by atoms with van der Waals surface area (Å²) in [6.07, 6.45) is 0.741. The highest BCUT2D eigenvalue weighted by atomic mass is 16.5. The van der Waals surface area contributed by atoms with Crippen LogP contribution in [0, 0.1) is 0 Å². The Morgan fingerprint density at radius 3 is 2.59 bits per heavy atom. The number of amides is 1. The van der Waals surface area contributed by atoms with E-state index in [4.69, 9.17) is 10.5 Å². The number of primary amides is 1. The van der Waals surface area contributed by atoms with Crippen molar-refractivity contribution in [2.24, 2.45) is 5.73 Å². The van der Waals surface area contributed by atoms with Crippen molar-refractivity contribution in [1.29, 1.82) is 0 Å². The number of nitrogens with zero attached hydrogens (tertiary/aromatic N) is 4. The minimum absolute atomic E-state index is 0.00724. The molecule has 0 spiro atoms. The van der Waals surface area contributed by atoms with Crippen LogP contribution in [0.15, 0.2) is 36.4 Å². The van der Waals surface area contributed by atoms with Gasteiger partial charge in [0.1, 0.15) is 11.5 Å². The second-order valence-electron chi connectivity index (χ2n) is 6.38. The molecule has 0 saturated heterocycles. The number of carbonyl (C=O) groups is 1. The molecule has 0 fully saturated rings. The number of methoxy groups -OCH3 is 1. The highest BCUT2D eigenvalue weighted by Gasteiger charge is 2.26. The average Bonchev–Trinajstić information content (AvgIpc) is 3.27. The van der Waals surface area contributed by atoms with Gasteiger partial charge in [0.25, 0.3) is 5.91 Å². The molecule has 2 heterocycles. The Kier molecular flexibility index (Phi) is 3.95. The fraction of sp³-hybridized carbons (Fsp3) is 0.211. The number of aromatic hydroxyl groups is 1. The Hall–Kier alpha value is -3.55. The number of rotatable bonds is 4. The first-order valence-corrected chi connectivity index (χ1v) is 8.47. The molecule has 3 N–H and O–H groups in total. The molecule has 0 saturated carbocycles. The summed E-state index contributed by atoms with van der Waals surface area (Å²) >= 11 is 0. The second-order valence-corrected chi connectivity index (χ2v) is 6.38. The molecule has 8 nitrogen and oxygen atoms in total. The van der Waals surface area contributed by atoms with Crippen molar-refractivity contribution in [3.05, 3.63) is 47.8 Å². The van der Waals surface area contributed by atoms with E-state index in [0.29, 0.717) is 22.8 Å². The molecular weight excluding hydrogens is 346 g/mol. The third-order valence-electron chi connectivity index (χ3n) is 4.82. The van der Waals surface area contributed by atoms with Crippen molar-refractivity contribution in [2.45, 2.75) is 6.42 Å². The van der Waals surface area contributed by atoms with Crippen LogP contribution in [-0.2, 0) is 6.42 Å². The Morgan fingerprint density at radius 2 is 1.93 bits per heavy atom. The molecule has 1 aliphatic heterocycles. The Morgan fingerprint density at radius 1 is 1.19 bits per heavy atom. The van der Waals surface area contributed by atoms with Gasteiger partial charge in [0, 0.05) is 30.5 Å². The van der Waals surface area contributed by atoms with E-state index in [-0.39, 0.29) is 11.6 Å². The van der Waals surface area contributed by atoms with Gasteiger partial charge < -0.3 is 20.5 Å². The number of likely N-dealkylation sites (N-methyl/N-ethyl adjacent to an activating group) is 1. The lowest BCUT2D eigenvalue weighted by atomic mass is 10.1. The molecule has 2 aromatic carbocycles. The van der Waals surface area contributed by atoms with Crippen LogP contribution in [0.3, 0.4) is 0 Å². The minimum atomic E-state index is -0.704. The summed E-state index contributed by atoms with van der Waals surface area (Å²) in [5, 5.41) is 18.9. The summed E-state index contributed by atoms with van der Waals surface area (Å²) in [6.45, 7) is 0.837. The van der Waals surface area contributed by atoms with Crippen LogP contribution in [0.5, 0.6) is 11.5 Å². The number of phenols is 1. The molecule has 0 unspecified atom stereocenters. The van der Waals surface area contributed by atoms with Crippen molar-refractivity contribution in [1.82, 2.24) is 14.8 Å². The number of nitrogens with two attached hydrogens (primary N) is 1. The quantitative estimate of drug-likeness (QED) is 0.729. The summed E-state index contributed by atoms with van der Waals surface area (Å²) in [5.41, 5.74) is 8.48. The van der Waals surface area contributed by atoms with E-state index in [2.05, 4.69) is 15.1 Å². The van der Waals surface area contributed by atoms with Crippen LogP contribution < -0.4 is 15.4 Å². The Balaban J connectivity index is 1.91. The monoisotopic (exact) mass is 365 g/mol. The predicted molar refractivity (Wildman–Crippen MR) is 101 cm³/mol. The number of carbonyl (C=O) groups excluding carboxylic acids is 1. The van der Waals surface area contributed by atoms with E-state index >= 15 is 0 Å². The first kappa shape index (κ1) is 16.9. The molecule has 3 aromatic rings. The Bertz CT molecular complexity index is 1030. The number of aromatic nitrogens is 3. The lowest BCUT2D eigenvalue weighted by molar-refractivity contribution is 0.0988. The van der Waals surface area contributed by atoms with Crippen LogP contribution in [0.2, 0.25) is 0 Å². The molecule has 4 rings (SSSR count). The smallest absolute Gasteiger partial charge is 0.287 e. The third-order valence-corrected chi connectivity index (χ3v) is 4.82. The zero-order chi connectivity index (χ0) is 19.1. The number of anilines is 1. The molecular formula is C19H19N5O3. The SMILES string of the molecule is COc1ccc(-n2c(C(N)=O)nnc2-c2ccc3c(c2O)CCN3C)cc1. The highest BCUT2D eigenvalue weighted by molar-refractivity contribution is 5.91. The van der Waals surface area contributed by atoms with E-state index in [1.807, 2.05) is 13.1 Å². The van der Waals surface area contributed by atoms with Crippen molar-refractivity contribution < 1.29 is 14.6 Å². The maximum atomic E-state index is 11.9. The molecule has 1 amide bonds. The predicted octanol–water partition coefficient (Wildman–Crippen LogP) is 1.74. The number of fused-ring (bicyclic) bond motifs is 1. The van der Waals surface area contributed by atoms with Gasteiger partial charge in [0.05, 0.1) is 12.7 Å². The molecule has 0 bridgehead atoms. The Labute approximate surface area is 155 Å². The summed E-state index contributed by atoms with van der Waals surface area (Å²) in [4.78, 5) is 14.0. The van der Waals surface area contributed by atoms with Gasteiger partial charge in [-0.2, -0.15) is 0 Å². The third kappa shape index (κ3) is 2.66. The summed E-state index contributed by atoms with van der Waals surface area (Å²) < 4.78 is 6.73. The molecule has 8 heteroatoms. The van der Waals surface area contributed by atoms with E-state index in [1.54, 1.807) is 42.0 Å². The number of ether oxygens (including phenoxy) is 1. The summed E-state index contributed by atoms with van der Waals surface area (Å²) in [6, 6.07) is 10.8. The first-order chi connectivity index (χ1) is 13.0. The van der Waals surface area contributed by atoms with Crippen molar-refractivity contribution in [2.75, 3.05) is 25.6 Å². The maximum absolute atomic E-state index is 11.9. The van der Waals surface area contributed by atoms with E-state index in [0.717, 1.165) is 24.2 Å². The van der Waals surface area contributed by atoms with Crippen LogP contribution in [0.25, 0.3) is 17.1 Å². The lowest BCUT2D eigenvalue weighted by Gasteiger charge is -2.15. The van der Waals surface area contributed by atoms with Crippen molar-refractivity contribution >= 4 is 11.6 Å². The fourth-order valence-electron chi connectivity index (χ4n) is 3.40. The van der Waals surface area contributed by atoms with Crippen molar-refractivity contribution in [3.63, 3.8) is 0 Å². The second kappa shape index (κ2) is 6.31. The van der Waals surface area contributed by atoms with Gasteiger partial charge in [-0.1, -0.05) is 0 Å². The maximum Gasteiger partial charge on any atom is 0.287 e. The van der Waals surface area contributed by atoms with Gasteiger partial charge in [-0.05, 0) is 42.8 Å². The minimum Gasteiger partial charge on any atom is -0.507 e. The van der Waals surface area contributed by atoms with Gasteiger partial charge in [-0.3, -0.25) is 9.36 Å².